The fraction of sp³-hybridized carbons (Fsp3) is 0.294. The van der Waals surface area contributed by atoms with Crippen molar-refractivity contribution >= 4 is 11.9 Å². The average molecular weight is 287 g/mol. The van der Waals surface area contributed by atoms with Gasteiger partial charge in [-0.05, 0) is 18.4 Å². The van der Waals surface area contributed by atoms with Crippen LogP contribution in [0.4, 0.5) is 0 Å². The van der Waals surface area contributed by atoms with E-state index in [0.29, 0.717) is 12.8 Å². The molecule has 2 atom stereocenters. The van der Waals surface area contributed by atoms with E-state index >= 15 is 0 Å². The van der Waals surface area contributed by atoms with Crippen molar-refractivity contribution in [3.05, 3.63) is 61.2 Å². The fourth-order valence-corrected chi connectivity index (χ4v) is 2.03. The summed E-state index contributed by atoms with van der Waals surface area (Å²) < 4.78 is 0. The number of amides is 1. The topological polar surface area (TPSA) is 66.4 Å². The Balaban J connectivity index is 2.63. The second-order valence-corrected chi connectivity index (χ2v) is 4.78. The first-order valence-electron chi connectivity index (χ1n) is 6.89. The lowest BCUT2D eigenvalue weighted by Crippen LogP contribution is -2.41. The van der Waals surface area contributed by atoms with Gasteiger partial charge in [0.2, 0.25) is 5.91 Å². The van der Waals surface area contributed by atoms with Gasteiger partial charge in [-0.15, -0.1) is 13.2 Å². The van der Waals surface area contributed by atoms with Crippen molar-refractivity contribution < 1.29 is 14.7 Å². The average Bonchev–Trinajstić information content (AvgIpc) is 2.49. The molecule has 4 heteroatoms. The summed E-state index contributed by atoms with van der Waals surface area (Å²) in [6.45, 7) is 7.30. The molecule has 1 aromatic carbocycles. The second-order valence-electron chi connectivity index (χ2n) is 4.78. The summed E-state index contributed by atoms with van der Waals surface area (Å²) in [5, 5.41) is 11.6. The highest BCUT2D eigenvalue weighted by molar-refractivity contribution is 5.84. The largest absolute Gasteiger partial charge is 0.480 e. The molecular weight excluding hydrogens is 266 g/mol. The molecule has 1 rings (SSSR count). The molecule has 21 heavy (non-hydrogen) atoms. The van der Waals surface area contributed by atoms with Crippen molar-refractivity contribution in [1.29, 1.82) is 0 Å². The molecule has 0 fully saturated rings. The zero-order chi connectivity index (χ0) is 15.7. The van der Waals surface area contributed by atoms with E-state index in [0.717, 1.165) is 5.56 Å². The summed E-state index contributed by atoms with van der Waals surface area (Å²) in [6.07, 6.45) is 4.41. The summed E-state index contributed by atoms with van der Waals surface area (Å²) in [5.74, 6) is -1.44. The van der Waals surface area contributed by atoms with Crippen molar-refractivity contribution in [3.8, 4) is 0 Å². The van der Waals surface area contributed by atoms with Gasteiger partial charge in [0.15, 0.2) is 0 Å². The molecule has 1 amide bonds. The van der Waals surface area contributed by atoms with Gasteiger partial charge in [0.25, 0.3) is 0 Å². The van der Waals surface area contributed by atoms with Crippen LogP contribution in [-0.2, 0) is 9.59 Å². The second kappa shape index (κ2) is 8.74. The summed E-state index contributed by atoms with van der Waals surface area (Å²) >= 11 is 0. The molecule has 4 nitrogen and oxygen atoms in total. The number of carboxylic acids is 1. The predicted molar refractivity (Wildman–Crippen MR) is 83.0 cm³/mol. The maximum absolute atomic E-state index is 12.0. The smallest absolute Gasteiger partial charge is 0.326 e. The molecule has 0 aliphatic carbocycles. The molecule has 1 aromatic rings. The Morgan fingerprint density at radius 3 is 2.43 bits per heavy atom. The Morgan fingerprint density at radius 2 is 1.90 bits per heavy atom. The first kappa shape index (κ1) is 16.7. The minimum Gasteiger partial charge on any atom is -0.480 e. The minimum absolute atomic E-state index is 0.125. The number of nitrogens with one attached hydrogen (secondary N) is 1. The van der Waals surface area contributed by atoms with Crippen LogP contribution in [0.25, 0.3) is 0 Å². The molecule has 2 unspecified atom stereocenters. The maximum Gasteiger partial charge on any atom is 0.326 e. The molecule has 2 N–H and O–H groups in total. The number of carbonyl (C=O) groups excluding carboxylic acids is 1. The highest BCUT2D eigenvalue weighted by atomic mass is 16.4. The van der Waals surface area contributed by atoms with E-state index in [1.807, 2.05) is 30.3 Å². The summed E-state index contributed by atoms with van der Waals surface area (Å²) in [6, 6.07) is 8.66. The predicted octanol–water partition coefficient (Wildman–Crippen LogP) is 2.88. The van der Waals surface area contributed by atoms with Crippen LogP contribution in [0.15, 0.2) is 55.6 Å². The lowest BCUT2D eigenvalue weighted by molar-refractivity contribution is -0.142. The Labute approximate surface area is 125 Å². The third-order valence-electron chi connectivity index (χ3n) is 3.21. The van der Waals surface area contributed by atoms with Crippen LogP contribution in [0.1, 0.15) is 30.7 Å². The Hall–Kier alpha value is -2.36. The van der Waals surface area contributed by atoms with E-state index in [-0.39, 0.29) is 18.2 Å². The first-order chi connectivity index (χ1) is 10.1. The monoisotopic (exact) mass is 287 g/mol. The van der Waals surface area contributed by atoms with Crippen LogP contribution in [0.3, 0.4) is 0 Å². The van der Waals surface area contributed by atoms with Gasteiger partial charge in [0.05, 0.1) is 0 Å². The third kappa shape index (κ3) is 5.65. The van der Waals surface area contributed by atoms with Crippen LogP contribution >= 0.6 is 0 Å². The number of carboxylic acid groups (broad SMARTS) is 1. The van der Waals surface area contributed by atoms with Gasteiger partial charge in [-0.3, -0.25) is 4.79 Å². The summed E-state index contributed by atoms with van der Waals surface area (Å²) in [7, 11) is 0. The maximum atomic E-state index is 12.0. The summed E-state index contributed by atoms with van der Waals surface area (Å²) in [4.78, 5) is 23.1. The van der Waals surface area contributed by atoms with E-state index in [4.69, 9.17) is 5.11 Å². The molecule has 0 radical (unpaired) electrons. The molecule has 0 bridgehead atoms. The van der Waals surface area contributed by atoms with Gasteiger partial charge in [-0.2, -0.15) is 0 Å². The van der Waals surface area contributed by atoms with Crippen molar-refractivity contribution in [1.82, 2.24) is 5.32 Å². The number of rotatable bonds is 9. The molecular formula is C17H21NO3. The standard InChI is InChI=1S/C17H21NO3/c1-3-5-11-15(17(20)21)18-16(19)12-13(4-2)14-9-7-6-8-10-14/h3-4,6-10,13,15H,1-2,5,11-12H2,(H,18,19)(H,20,21). The molecule has 112 valence electrons. The lowest BCUT2D eigenvalue weighted by atomic mass is 9.95. The quantitative estimate of drug-likeness (QED) is 0.686. The number of aliphatic carboxylic acids is 1. The SMILES string of the molecule is C=CCCC(NC(=O)CC(C=C)c1ccccc1)C(=O)O. The number of allylic oxidation sites excluding steroid dienone is 2. The van der Waals surface area contributed by atoms with Crippen LogP contribution < -0.4 is 5.32 Å². The summed E-state index contributed by atoms with van der Waals surface area (Å²) in [5.41, 5.74) is 0.987. The van der Waals surface area contributed by atoms with Gasteiger partial charge >= 0.3 is 5.97 Å². The Kier molecular flexibility index (Phi) is 6.95. The van der Waals surface area contributed by atoms with Gasteiger partial charge < -0.3 is 10.4 Å². The number of benzene rings is 1. The van der Waals surface area contributed by atoms with Crippen molar-refractivity contribution in [2.45, 2.75) is 31.2 Å². The minimum atomic E-state index is -1.03. The molecule has 0 aromatic heterocycles. The van der Waals surface area contributed by atoms with Gasteiger partial charge in [-0.1, -0.05) is 42.5 Å². The molecule has 0 aliphatic heterocycles. The molecule has 0 saturated heterocycles. The number of hydrogen-bond acceptors (Lipinski definition) is 2. The van der Waals surface area contributed by atoms with E-state index < -0.39 is 12.0 Å². The van der Waals surface area contributed by atoms with Crippen molar-refractivity contribution in [2.24, 2.45) is 0 Å². The number of hydrogen-bond donors (Lipinski definition) is 2. The first-order valence-corrected chi connectivity index (χ1v) is 6.89. The lowest BCUT2D eigenvalue weighted by Gasteiger charge is -2.17. The van der Waals surface area contributed by atoms with E-state index in [9.17, 15) is 9.59 Å². The van der Waals surface area contributed by atoms with Gasteiger partial charge in [0, 0.05) is 12.3 Å². The van der Waals surface area contributed by atoms with Crippen molar-refractivity contribution in [3.63, 3.8) is 0 Å². The molecule has 0 aliphatic rings. The van der Waals surface area contributed by atoms with Gasteiger partial charge in [0.1, 0.15) is 6.04 Å². The normalized spacial score (nSPS) is 13.0. The van der Waals surface area contributed by atoms with E-state index in [2.05, 4.69) is 18.5 Å². The van der Waals surface area contributed by atoms with Crippen LogP contribution in [-0.4, -0.2) is 23.0 Å². The molecule has 0 heterocycles. The van der Waals surface area contributed by atoms with Crippen LogP contribution in [0.5, 0.6) is 0 Å². The highest BCUT2D eigenvalue weighted by Gasteiger charge is 2.20. The van der Waals surface area contributed by atoms with Crippen LogP contribution in [0, 0.1) is 0 Å². The Bertz CT molecular complexity index is 496. The molecule has 0 saturated carbocycles. The zero-order valence-electron chi connectivity index (χ0n) is 12.0. The van der Waals surface area contributed by atoms with E-state index in [1.165, 1.54) is 0 Å². The highest BCUT2D eigenvalue weighted by Crippen LogP contribution is 2.20. The van der Waals surface area contributed by atoms with E-state index in [1.54, 1.807) is 12.2 Å². The Morgan fingerprint density at radius 1 is 1.24 bits per heavy atom. The fourth-order valence-electron chi connectivity index (χ4n) is 2.03. The number of carbonyl (C=O) groups is 2. The van der Waals surface area contributed by atoms with Crippen LogP contribution in [0.2, 0.25) is 0 Å². The molecule has 0 spiro atoms. The van der Waals surface area contributed by atoms with Crippen molar-refractivity contribution in [2.75, 3.05) is 0 Å². The zero-order valence-corrected chi connectivity index (χ0v) is 12.0. The van der Waals surface area contributed by atoms with Gasteiger partial charge in [-0.25, -0.2) is 4.79 Å². The third-order valence-corrected chi connectivity index (χ3v) is 3.21.